The van der Waals surface area contributed by atoms with E-state index in [1.54, 1.807) is 0 Å². The van der Waals surface area contributed by atoms with Crippen molar-refractivity contribution in [2.45, 2.75) is 30.7 Å². The minimum atomic E-state index is -0.0858. The van der Waals surface area contributed by atoms with Crippen LogP contribution in [0, 0.1) is 5.92 Å². The Bertz CT molecular complexity index is 1350. The van der Waals surface area contributed by atoms with E-state index in [9.17, 15) is 4.79 Å². The van der Waals surface area contributed by atoms with E-state index in [0.29, 0.717) is 12.5 Å². The number of piperidine rings is 1. The second-order valence-electron chi connectivity index (χ2n) is 10.5. The first kappa shape index (κ1) is 23.7. The molecule has 2 aliphatic heterocycles. The van der Waals surface area contributed by atoms with Crippen molar-refractivity contribution in [3.63, 3.8) is 0 Å². The second-order valence-corrected chi connectivity index (χ2v) is 10.5. The first-order valence-corrected chi connectivity index (χ1v) is 13.4. The third-order valence-corrected chi connectivity index (χ3v) is 8.25. The Kier molecular flexibility index (Phi) is 6.62. The lowest BCUT2D eigenvalue weighted by Crippen LogP contribution is -2.45. The van der Waals surface area contributed by atoms with E-state index < -0.39 is 0 Å². The topological polar surface area (TPSA) is 50.2 Å². The van der Waals surface area contributed by atoms with Gasteiger partial charge in [-0.15, -0.1) is 0 Å². The van der Waals surface area contributed by atoms with Crippen LogP contribution in [-0.4, -0.2) is 40.2 Å². The van der Waals surface area contributed by atoms with Gasteiger partial charge in [0, 0.05) is 44.4 Å². The Labute approximate surface area is 219 Å². The van der Waals surface area contributed by atoms with Crippen molar-refractivity contribution in [3.05, 3.63) is 114 Å². The number of carbonyl (C=O) groups excluding carboxylic acids is 1. The zero-order valence-electron chi connectivity index (χ0n) is 21.3. The van der Waals surface area contributed by atoms with Crippen LogP contribution in [0.1, 0.15) is 47.4 Å². The number of hydrogen-bond acceptors (Lipinski definition) is 3. The number of amides is 1. The van der Waals surface area contributed by atoms with Crippen LogP contribution in [0.3, 0.4) is 0 Å². The van der Waals surface area contributed by atoms with Crippen LogP contribution >= 0.6 is 0 Å². The van der Waals surface area contributed by atoms with Gasteiger partial charge in [0.25, 0.3) is 0 Å². The number of nitrogens with zero attached hydrogens (tertiary/aromatic N) is 3. The maximum absolute atomic E-state index is 14.3. The van der Waals surface area contributed by atoms with E-state index in [4.69, 9.17) is 0 Å². The average molecular weight is 491 g/mol. The quantitative estimate of drug-likeness (QED) is 0.400. The fraction of sp³-hybridized carbons (Fsp3) is 0.312. The molecule has 1 N–H and O–H groups in total. The van der Waals surface area contributed by atoms with Crippen molar-refractivity contribution in [2.24, 2.45) is 13.0 Å². The number of rotatable bonds is 5. The molecule has 0 aliphatic carbocycles. The van der Waals surface area contributed by atoms with Gasteiger partial charge in [-0.1, -0.05) is 84.9 Å². The van der Waals surface area contributed by atoms with E-state index in [1.807, 2.05) is 17.9 Å². The lowest BCUT2D eigenvalue weighted by atomic mass is 9.80. The Hall–Kier alpha value is -3.70. The molecule has 37 heavy (non-hydrogen) atoms. The number of carbonyl (C=O) groups is 1. The van der Waals surface area contributed by atoms with Crippen LogP contribution in [0.5, 0.6) is 0 Å². The summed E-state index contributed by atoms with van der Waals surface area (Å²) in [5.74, 6) is 0.778. The highest BCUT2D eigenvalue weighted by Gasteiger charge is 2.41. The highest BCUT2D eigenvalue weighted by Crippen LogP contribution is 2.42. The maximum atomic E-state index is 14.3. The Morgan fingerprint density at radius 2 is 1.59 bits per heavy atom. The van der Waals surface area contributed by atoms with E-state index in [0.717, 1.165) is 31.5 Å². The number of likely N-dealkylation sites (tertiary alicyclic amines) is 1. The van der Waals surface area contributed by atoms with Gasteiger partial charge in [0.15, 0.2) is 0 Å². The fourth-order valence-corrected chi connectivity index (χ4v) is 6.37. The van der Waals surface area contributed by atoms with E-state index in [-0.39, 0.29) is 23.8 Å². The summed E-state index contributed by atoms with van der Waals surface area (Å²) in [5, 5.41) is 7.94. The molecule has 3 aromatic carbocycles. The van der Waals surface area contributed by atoms with Crippen molar-refractivity contribution < 1.29 is 4.79 Å². The lowest BCUT2D eigenvalue weighted by Gasteiger charge is -2.42. The number of benzene rings is 3. The molecule has 5 nitrogen and oxygen atoms in total. The molecule has 0 saturated carbocycles. The third kappa shape index (κ3) is 4.72. The molecule has 0 bridgehead atoms. The molecular formula is C32H34N4O. The molecule has 0 radical (unpaired) electrons. The zero-order valence-corrected chi connectivity index (χ0v) is 21.3. The van der Waals surface area contributed by atoms with Gasteiger partial charge in [-0.3, -0.25) is 9.48 Å². The predicted molar refractivity (Wildman–Crippen MR) is 147 cm³/mol. The third-order valence-electron chi connectivity index (χ3n) is 8.25. The molecule has 5 heteroatoms. The molecule has 4 aromatic rings. The van der Waals surface area contributed by atoms with Crippen LogP contribution in [0.25, 0.3) is 11.1 Å². The van der Waals surface area contributed by atoms with E-state index in [2.05, 4.69) is 106 Å². The first-order chi connectivity index (χ1) is 18.2. The van der Waals surface area contributed by atoms with Gasteiger partial charge in [-0.05, 0) is 41.0 Å². The van der Waals surface area contributed by atoms with Gasteiger partial charge in [-0.2, -0.15) is 5.10 Å². The van der Waals surface area contributed by atoms with E-state index in [1.165, 1.54) is 22.3 Å². The Balaban J connectivity index is 1.30. The van der Waals surface area contributed by atoms with Gasteiger partial charge >= 0.3 is 0 Å². The summed E-state index contributed by atoms with van der Waals surface area (Å²) in [4.78, 5) is 16.5. The number of nitrogens with one attached hydrogen (secondary N) is 1. The molecule has 1 unspecified atom stereocenters. The standard InChI is InChI=1S/C32H34N4O/c1-35-22-26(19-34-35)27-14-8-9-15-28(27)29-20-33-21-30(29)32(37)36-17-16-25(23-10-4-2-5-11-23)18-31(36)24-12-6-3-7-13-24/h2-15,19,22,25,29-31,33H,16-18,20-21H2,1H3/t25-,29?,30-,31-/m1/s1. The van der Waals surface area contributed by atoms with Gasteiger partial charge in [-0.25, -0.2) is 0 Å². The molecule has 1 amide bonds. The number of aryl methyl sites for hydroxylation is 1. The molecule has 3 heterocycles. The van der Waals surface area contributed by atoms with E-state index >= 15 is 0 Å². The van der Waals surface area contributed by atoms with Gasteiger partial charge in [0.1, 0.15) is 0 Å². The molecule has 0 spiro atoms. The highest BCUT2D eigenvalue weighted by molar-refractivity contribution is 5.82. The van der Waals surface area contributed by atoms with Crippen LogP contribution in [0.15, 0.2) is 97.3 Å². The van der Waals surface area contributed by atoms with Gasteiger partial charge in [0.05, 0.1) is 18.2 Å². The molecule has 2 fully saturated rings. The molecule has 1 aromatic heterocycles. The SMILES string of the molecule is Cn1cc(-c2ccccc2C2CNC[C@H]2C(=O)N2CC[C@@H](c3ccccc3)C[C@@H]2c2ccccc2)cn1. The normalized spacial score (nSPS) is 23.8. The lowest BCUT2D eigenvalue weighted by molar-refractivity contribution is -0.139. The van der Waals surface area contributed by atoms with Crippen molar-refractivity contribution in [1.29, 1.82) is 0 Å². The van der Waals surface area contributed by atoms with Crippen molar-refractivity contribution in [3.8, 4) is 11.1 Å². The van der Waals surface area contributed by atoms with Gasteiger partial charge in [0.2, 0.25) is 5.91 Å². The summed E-state index contributed by atoms with van der Waals surface area (Å²) in [7, 11) is 1.94. The molecule has 6 rings (SSSR count). The summed E-state index contributed by atoms with van der Waals surface area (Å²) in [5.41, 5.74) is 6.11. The number of hydrogen-bond donors (Lipinski definition) is 1. The van der Waals surface area contributed by atoms with Gasteiger partial charge < -0.3 is 10.2 Å². The minimum absolute atomic E-state index is 0.0856. The van der Waals surface area contributed by atoms with Crippen molar-refractivity contribution in [1.82, 2.24) is 20.0 Å². The zero-order chi connectivity index (χ0) is 25.2. The summed E-state index contributed by atoms with van der Waals surface area (Å²) in [6.45, 7) is 2.31. The minimum Gasteiger partial charge on any atom is -0.335 e. The van der Waals surface area contributed by atoms with Crippen LogP contribution < -0.4 is 5.32 Å². The van der Waals surface area contributed by atoms with Crippen molar-refractivity contribution >= 4 is 5.91 Å². The average Bonchev–Trinajstić information content (AvgIpc) is 3.63. The second kappa shape index (κ2) is 10.3. The molecule has 4 atom stereocenters. The summed E-state index contributed by atoms with van der Waals surface area (Å²) in [6, 6.07) is 30.0. The highest BCUT2D eigenvalue weighted by atomic mass is 16.2. The molecular weight excluding hydrogens is 456 g/mol. The smallest absolute Gasteiger partial charge is 0.228 e. The fourth-order valence-electron chi connectivity index (χ4n) is 6.37. The van der Waals surface area contributed by atoms with Crippen LogP contribution in [0.2, 0.25) is 0 Å². The summed E-state index contributed by atoms with van der Waals surface area (Å²) >= 11 is 0. The summed E-state index contributed by atoms with van der Waals surface area (Å²) < 4.78 is 1.84. The van der Waals surface area contributed by atoms with Crippen LogP contribution in [-0.2, 0) is 11.8 Å². The number of aromatic nitrogens is 2. The van der Waals surface area contributed by atoms with Crippen molar-refractivity contribution in [2.75, 3.05) is 19.6 Å². The molecule has 2 saturated heterocycles. The first-order valence-electron chi connectivity index (χ1n) is 13.4. The predicted octanol–water partition coefficient (Wildman–Crippen LogP) is 5.54. The summed E-state index contributed by atoms with van der Waals surface area (Å²) in [6.07, 6.45) is 5.92. The van der Waals surface area contributed by atoms with Crippen LogP contribution in [0.4, 0.5) is 0 Å². The largest absolute Gasteiger partial charge is 0.335 e. The molecule has 2 aliphatic rings. The Morgan fingerprint density at radius 1 is 0.892 bits per heavy atom. The Morgan fingerprint density at radius 3 is 2.32 bits per heavy atom. The monoisotopic (exact) mass is 490 g/mol. The maximum Gasteiger partial charge on any atom is 0.228 e. The molecule has 188 valence electrons.